The molecular weight excluding hydrogens is 386 g/mol. The number of nitrogens with zero attached hydrogens (tertiary/aromatic N) is 2. The average Bonchev–Trinajstić information content (AvgIpc) is 2.84. The summed E-state index contributed by atoms with van der Waals surface area (Å²) in [6, 6.07) is 29.8. The molecule has 0 unspecified atom stereocenters. The number of ether oxygens (including phenoxy) is 1. The second-order valence-corrected chi connectivity index (χ2v) is 6.86. The van der Waals surface area contributed by atoms with Gasteiger partial charge in [0, 0.05) is 22.4 Å². The van der Waals surface area contributed by atoms with E-state index in [1.807, 2.05) is 72.8 Å². The monoisotopic (exact) mass is 405 g/mol. The lowest BCUT2D eigenvalue weighted by Crippen LogP contribution is -2.12. The third-order valence-electron chi connectivity index (χ3n) is 4.80. The van der Waals surface area contributed by atoms with Crippen LogP contribution >= 0.6 is 0 Å². The van der Waals surface area contributed by atoms with Gasteiger partial charge in [-0.15, -0.1) is 0 Å². The van der Waals surface area contributed by atoms with Gasteiger partial charge in [0.05, 0.1) is 30.1 Å². The summed E-state index contributed by atoms with van der Waals surface area (Å²) < 4.78 is 5.22. The van der Waals surface area contributed by atoms with Crippen LogP contribution in [0.25, 0.3) is 22.5 Å². The zero-order chi connectivity index (χ0) is 21.6. The third-order valence-corrected chi connectivity index (χ3v) is 4.80. The minimum Gasteiger partial charge on any atom is -0.497 e. The second-order valence-electron chi connectivity index (χ2n) is 6.86. The molecule has 5 heteroatoms. The van der Waals surface area contributed by atoms with E-state index >= 15 is 0 Å². The van der Waals surface area contributed by atoms with Crippen molar-refractivity contribution in [3.8, 4) is 34.3 Å². The van der Waals surface area contributed by atoms with Crippen molar-refractivity contribution in [2.24, 2.45) is 0 Å². The summed E-state index contributed by atoms with van der Waals surface area (Å²) >= 11 is 0. The molecule has 0 aliphatic rings. The van der Waals surface area contributed by atoms with Crippen LogP contribution in [-0.4, -0.2) is 18.0 Å². The topological polar surface area (TPSA) is 75.0 Å². The molecule has 0 saturated heterocycles. The van der Waals surface area contributed by atoms with Gasteiger partial charge in [0.25, 0.3) is 5.91 Å². The molecule has 0 aliphatic carbocycles. The van der Waals surface area contributed by atoms with Crippen molar-refractivity contribution in [1.82, 2.24) is 4.98 Å². The summed E-state index contributed by atoms with van der Waals surface area (Å²) in [5.41, 5.74) is 5.06. The van der Waals surface area contributed by atoms with Crippen LogP contribution in [0, 0.1) is 11.3 Å². The summed E-state index contributed by atoms with van der Waals surface area (Å²) in [4.78, 5) is 17.4. The van der Waals surface area contributed by atoms with E-state index in [9.17, 15) is 4.79 Å². The summed E-state index contributed by atoms with van der Waals surface area (Å²) in [5, 5.41) is 11.9. The number of rotatable bonds is 5. The number of aromatic nitrogens is 1. The summed E-state index contributed by atoms with van der Waals surface area (Å²) in [7, 11) is 1.64. The number of nitriles is 1. The Labute approximate surface area is 180 Å². The number of benzene rings is 3. The highest BCUT2D eigenvalue weighted by molar-refractivity contribution is 6.04. The van der Waals surface area contributed by atoms with Crippen molar-refractivity contribution in [2.75, 3.05) is 12.4 Å². The van der Waals surface area contributed by atoms with Crippen molar-refractivity contribution >= 4 is 11.6 Å². The Balaban J connectivity index is 1.58. The summed E-state index contributed by atoms with van der Waals surface area (Å²) in [5.74, 6) is 0.526. The zero-order valence-corrected chi connectivity index (χ0v) is 16.9. The lowest BCUT2D eigenvalue weighted by atomic mass is 10.1. The molecular formula is C26H19N3O2. The molecule has 1 aromatic heterocycles. The smallest absolute Gasteiger partial charge is 0.255 e. The van der Waals surface area contributed by atoms with Gasteiger partial charge in [-0.3, -0.25) is 4.79 Å². The van der Waals surface area contributed by atoms with Crippen LogP contribution in [0.4, 0.5) is 5.69 Å². The van der Waals surface area contributed by atoms with Gasteiger partial charge in [-0.05, 0) is 66.7 Å². The highest BCUT2D eigenvalue weighted by atomic mass is 16.5. The molecule has 3 aromatic carbocycles. The Morgan fingerprint density at radius 3 is 2.32 bits per heavy atom. The molecule has 1 heterocycles. The van der Waals surface area contributed by atoms with Gasteiger partial charge >= 0.3 is 0 Å². The largest absolute Gasteiger partial charge is 0.497 e. The average molecular weight is 405 g/mol. The van der Waals surface area contributed by atoms with Gasteiger partial charge < -0.3 is 10.1 Å². The lowest BCUT2D eigenvalue weighted by Gasteiger charge is -2.09. The lowest BCUT2D eigenvalue weighted by molar-refractivity contribution is 0.102. The van der Waals surface area contributed by atoms with Gasteiger partial charge in [0.15, 0.2) is 0 Å². The number of anilines is 1. The van der Waals surface area contributed by atoms with Gasteiger partial charge in [-0.1, -0.05) is 24.3 Å². The highest BCUT2D eigenvalue weighted by Crippen LogP contribution is 2.26. The van der Waals surface area contributed by atoms with Crippen LogP contribution in [0.1, 0.15) is 15.9 Å². The maximum atomic E-state index is 12.6. The van der Waals surface area contributed by atoms with E-state index in [0.29, 0.717) is 16.8 Å². The first-order valence-electron chi connectivity index (χ1n) is 9.70. The SMILES string of the molecule is COc1ccc(-c2cccc(-c3cccc(NC(=O)c4cccc(C#N)c4)c3)n2)cc1. The Morgan fingerprint density at radius 1 is 0.871 bits per heavy atom. The van der Waals surface area contributed by atoms with Crippen molar-refractivity contribution in [2.45, 2.75) is 0 Å². The molecule has 4 rings (SSSR count). The van der Waals surface area contributed by atoms with E-state index in [2.05, 4.69) is 5.32 Å². The van der Waals surface area contributed by atoms with E-state index in [0.717, 1.165) is 28.3 Å². The molecule has 1 N–H and O–H groups in total. The molecule has 4 aromatic rings. The second kappa shape index (κ2) is 8.93. The van der Waals surface area contributed by atoms with Crippen molar-refractivity contribution in [3.05, 3.63) is 102 Å². The first kappa shape index (κ1) is 19.9. The van der Waals surface area contributed by atoms with E-state index in [-0.39, 0.29) is 5.91 Å². The van der Waals surface area contributed by atoms with Crippen molar-refractivity contribution in [3.63, 3.8) is 0 Å². The number of carbonyl (C=O) groups is 1. The van der Waals surface area contributed by atoms with E-state index in [1.54, 1.807) is 31.4 Å². The maximum absolute atomic E-state index is 12.6. The number of amides is 1. The van der Waals surface area contributed by atoms with Crippen LogP contribution in [0.5, 0.6) is 5.75 Å². The fourth-order valence-corrected chi connectivity index (χ4v) is 3.21. The highest BCUT2D eigenvalue weighted by Gasteiger charge is 2.09. The fraction of sp³-hybridized carbons (Fsp3) is 0.0385. The van der Waals surface area contributed by atoms with Gasteiger partial charge in [0.2, 0.25) is 0 Å². The summed E-state index contributed by atoms with van der Waals surface area (Å²) in [6.45, 7) is 0. The molecule has 0 bridgehead atoms. The Hall–Kier alpha value is -4.43. The zero-order valence-electron chi connectivity index (χ0n) is 16.9. The standard InChI is InChI=1S/C26H19N3O2/c1-31-23-13-11-19(12-14-23)24-9-4-10-25(29-24)20-6-3-8-22(16-20)28-26(30)21-7-2-5-18(15-21)17-27/h2-16H,1H3,(H,28,30). The maximum Gasteiger partial charge on any atom is 0.255 e. The van der Waals surface area contributed by atoms with E-state index in [4.69, 9.17) is 15.0 Å². The fourth-order valence-electron chi connectivity index (χ4n) is 3.21. The number of nitrogens with one attached hydrogen (secondary N) is 1. The molecule has 0 radical (unpaired) electrons. The van der Waals surface area contributed by atoms with Crippen LogP contribution < -0.4 is 10.1 Å². The molecule has 0 saturated carbocycles. The minimum absolute atomic E-state index is 0.269. The van der Waals surface area contributed by atoms with Crippen LogP contribution in [-0.2, 0) is 0 Å². The van der Waals surface area contributed by atoms with Crippen LogP contribution in [0.15, 0.2) is 91.0 Å². The Morgan fingerprint density at radius 2 is 1.58 bits per heavy atom. The van der Waals surface area contributed by atoms with E-state index < -0.39 is 0 Å². The Kier molecular flexibility index (Phi) is 5.72. The molecule has 0 atom stereocenters. The Bertz CT molecular complexity index is 1270. The first-order valence-corrected chi connectivity index (χ1v) is 9.70. The molecule has 5 nitrogen and oxygen atoms in total. The minimum atomic E-state index is -0.269. The molecule has 31 heavy (non-hydrogen) atoms. The third kappa shape index (κ3) is 4.60. The molecule has 0 spiro atoms. The summed E-state index contributed by atoms with van der Waals surface area (Å²) in [6.07, 6.45) is 0. The predicted octanol–water partition coefficient (Wildman–Crippen LogP) is 5.55. The number of hydrogen-bond acceptors (Lipinski definition) is 4. The number of carbonyl (C=O) groups excluding carboxylic acids is 1. The molecule has 1 amide bonds. The molecule has 150 valence electrons. The van der Waals surface area contributed by atoms with Gasteiger partial charge in [-0.25, -0.2) is 4.98 Å². The van der Waals surface area contributed by atoms with Crippen molar-refractivity contribution < 1.29 is 9.53 Å². The van der Waals surface area contributed by atoms with Crippen LogP contribution in [0.2, 0.25) is 0 Å². The predicted molar refractivity (Wildman–Crippen MR) is 121 cm³/mol. The molecule has 0 fully saturated rings. The van der Waals surface area contributed by atoms with E-state index in [1.165, 1.54) is 0 Å². The normalized spacial score (nSPS) is 10.2. The number of hydrogen-bond donors (Lipinski definition) is 1. The van der Waals surface area contributed by atoms with Gasteiger partial charge in [0.1, 0.15) is 5.75 Å². The number of pyridine rings is 1. The first-order chi connectivity index (χ1) is 15.2. The van der Waals surface area contributed by atoms with Gasteiger partial charge in [-0.2, -0.15) is 5.26 Å². The van der Waals surface area contributed by atoms with Crippen LogP contribution in [0.3, 0.4) is 0 Å². The quantitative estimate of drug-likeness (QED) is 0.472. The molecule has 0 aliphatic heterocycles. The van der Waals surface area contributed by atoms with Crippen molar-refractivity contribution in [1.29, 1.82) is 5.26 Å². The number of methoxy groups -OCH3 is 1.